The van der Waals surface area contributed by atoms with Crippen LogP contribution in [-0.4, -0.2) is 175 Å². The number of primary amides is 6. The molecule has 594 valence electrons. The molecule has 7 aliphatic rings. The Morgan fingerprint density at radius 2 is 1.34 bits per heavy atom. The molecule has 35 nitrogen and oxygen atoms in total. The Morgan fingerprint density at radius 3 is 1.94 bits per heavy atom. The quantitative estimate of drug-likeness (QED) is 0.0301. The van der Waals surface area contributed by atoms with Gasteiger partial charge in [0, 0.05) is 108 Å². The molecule has 10 heterocycles. The predicted octanol–water partition coefficient (Wildman–Crippen LogP) is 2.17. The van der Waals surface area contributed by atoms with Crippen LogP contribution in [0.2, 0.25) is 0 Å². The third kappa shape index (κ3) is 16.3. The number of nitrogens with two attached hydrogens (primary N) is 7. The summed E-state index contributed by atoms with van der Waals surface area (Å²) < 4.78 is 38.8. The van der Waals surface area contributed by atoms with Gasteiger partial charge >= 0.3 is 16.8 Å². The molecule has 0 aliphatic carbocycles. The van der Waals surface area contributed by atoms with Crippen molar-refractivity contribution in [2.75, 3.05) is 18.9 Å². The average molecular weight is 1580 g/mol. The molecule has 4 aromatic rings. The third-order valence-electron chi connectivity index (χ3n) is 23.5. The van der Waals surface area contributed by atoms with Crippen LogP contribution in [0.25, 0.3) is 27.5 Å². The van der Waals surface area contributed by atoms with E-state index in [9.17, 15) is 63.4 Å². The number of rotatable bonds is 27. The normalized spacial score (nSPS) is 33.6. The monoisotopic (exact) mass is 1580 g/mol. The van der Waals surface area contributed by atoms with Crippen molar-refractivity contribution >= 4 is 94.3 Å². The van der Waals surface area contributed by atoms with Crippen LogP contribution in [0, 0.1) is 66.1 Å². The molecule has 3 aromatic heterocycles. The number of allylic oxidation sites excluding steroid dienone is 6. The van der Waals surface area contributed by atoms with E-state index in [1.54, 1.807) is 6.92 Å². The summed E-state index contributed by atoms with van der Waals surface area (Å²) in [5.74, 6) is -7.16. The number of amides is 7. The number of aromatic nitrogens is 6. The first-order chi connectivity index (χ1) is 50.4. The summed E-state index contributed by atoms with van der Waals surface area (Å²) in [7, 11) is -5.32. The van der Waals surface area contributed by atoms with Crippen molar-refractivity contribution in [2.24, 2.45) is 94.7 Å². The molecular formula is C72H100CoN18O17P. The molecule has 11 rings (SSSR count). The maximum atomic E-state index is 14.4. The standard InChI is InChI=1S/C62H90N13O14P.C10H12N5O3.Co/c1-29-20-39-40(21-30(29)2)75(28-70-39)57-52(84)53(41(27-76)87-57)89-90(85,86)88-31(3)26-69-49(83)18-19-59(8)37(22-46(66)80)56-62(11)61(10,25-48(68)82)36(14-17-45(65)79)51(74-62)33(5)55-60(9,24-47(67)81)34(12-15-43(63)77)38(71-55)23-42-58(6,7)35(13-16-44(64)78)50(72-42)32(4)54(59)73-56;1-4-6(16)7(17)10(18-4)15-3-14-5-8(11)12-2-13-9(5)15;/h20-21,23,28,31,34-37,41,52-53,56-57,76,84H,12-19,22,24-27H2,1-11H3,(H15,63,64,65,66,67,68,69,71,72,73,74,77,78,79,80,81,82,83,85,86);2-4,6-7,10,16-17H,1H2,(H2,11,12,13);/q;-1;+3/p-2/t31-,34-,35-,36-,37+,41-,52-,53-,56?,57+,59-,60+,61+,62+;4-,6-,7+,10-;/m11./s1. The molecule has 19 atom stereocenters. The number of nitrogen functional groups attached to an aromatic ring is 1. The number of phosphoric acid groups is 1. The summed E-state index contributed by atoms with van der Waals surface area (Å²) in [5, 5.41) is 49.6. The summed E-state index contributed by atoms with van der Waals surface area (Å²) in [6, 6.07) is 2.65. The number of hydrogen-bond acceptors (Lipinski definition) is 25. The second kappa shape index (κ2) is 32.2. The fourth-order valence-corrected chi connectivity index (χ4v) is 18.5. The number of phosphoric ester groups is 1. The maximum Gasteiger partial charge on any atom is 3.00 e. The maximum absolute atomic E-state index is 14.4. The van der Waals surface area contributed by atoms with Crippen molar-refractivity contribution < 1.29 is 98.7 Å². The number of aryl methyl sites for hydroxylation is 2. The molecule has 7 aliphatic heterocycles. The summed E-state index contributed by atoms with van der Waals surface area (Å²) in [6.07, 6.45) is -5.69. The molecule has 7 amide bonds. The second-order valence-electron chi connectivity index (χ2n) is 31.1. The van der Waals surface area contributed by atoms with Crippen LogP contribution in [0.1, 0.15) is 157 Å². The Kier molecular flexibility index (Phi) is 25.0. The van der Waals surface area contributed by atoms with Gasteiger partial charge in [-0.05, 0) is 125 Å². The van der Waals surface area contributed by atoms with Crippen molar-refractivity contribution in [2.45, 2.75) is 214 Å². The van der Waals surface area contributed by atoms with Gasteiger partial charge in [-0.3, -0.25) is 57.7 Å². The number of benzene rings is 1. The van der Waals surface area contributed by atoms with E-state index in [0.29, 0.717) is 67.6 Å². The number of fused-ring (bicyclic) bond motifs is 8. The van der Waals surface area contributed by atoms with Gasteiger partial charge in [-0.2, -0.15) is 5.70 Å². The van der Waals surface area contributed by atoms with Crippen molar-refractivity contribution in [3.05, 3.63) is 88.8 Å². The molecule has 1 aromatic carbocycles. The Hall–Kier alpha value is -8.26. The second-order valence-corrected chi connectivity index (χ2v) is 32.4. The average Bonchev–Trinajstić information content (AvgIpc) is 1.53. The minimum atomic E-state index is -5.32. The number of nitrogens with zero attached hydrogens (tertiary/aromatic N) is 10. The van der Waals surface area contributed by atoms with Crippen molar-refractivity contribution in [1.29, 1.82) is 0 Å². The van der Waals surface area contributed by atoms with E-state index in [-0.39, 0.29) is 99.8 Å². The van der Waals surface area contributed by atoms with E-state index >= 15 is 0 Å². The fraction of sp³-hybridized carbons (Fsp3) is 0.597. The van der Waals surface area contributed by atoms with Gasteiger partial charge in [0.2, 0.25) is 41.4 Å². The van der Waals surface area contributed by atoms with Gasteiger partial charge < -0.3 is 106 Å². The van der Waals surface area contributed by atoms with Gasteiger partial charge in [-0.25, -0.2) is 19.9 Å². The van der Waals surface area contributed by atoms with Gasteiger partial charge in [0.15, 0.2) is 23.9 Å². The number of carbonyl (C=O) groups excluding carboxylic acids is 7. The van der Waals surface area contributed by atoms with Crippen LogP contribution in [0.3, 0.4) is 0 Å². The van der Waals surface area contributed by atoms with Crippen LogP contribution in [0.15, 0.2) is 80.4 Å². The van der Waals surface area contributed by atoms with E-state index in [0.717, 1.165) is 11.1 Å². The summed E-state index contributed by atoms with van der Waals surface area (Å²) in [6.45, 7) is 22.6. The van der Waals surface area contributed by atoms with Crippen molar-refractivity contribution in [3.8, 4) is 0 Å². The minimum Gasteiger partial charge on any atom is -0.756 e. The summed E-state index contributed by atoms with van der Waals surface area (Å²) >= 11 is 0. The molecule has 0 saturated carbocycles. The Bertz CT molecular complexity index is 4520. The smallest absolute Gasteiger partial charge is 0.756 e. The number of imidazole rings is 2. The number of anilines is 1. The van der Waals surface area contributed by atoms with Gasteiger partial charge in [0.25, 0.3) is 7.82 Å². The molecule has 3 saturated heterocycles. The molecule has 19 N–H and O–H groups in total. The minimum absolute atomic E-state index is 0. The van der Waals surface area contributed by atoms with Crippen LogP contribution in [-0.2, 0) is 73.4 Å². The topological polar surface area (TPSA) is 584 Å². The molecule has 109 heavy (non-hydrogen) atoms. The van der Waals surface area contributed by atoms with Gasteiger partial charge in [0.05, 0.1) is 53.7 Å². The summed E-state index contributed by atoms with van der Waals surface area (Å²) in [5.41, 5.74) is 43.2. The predicted molar refractivity (Wildman–Crippen MR) is 393 cm³/mol. The molecule has 0 spiro atoms. The molecule has 8 bridgehead atoms. The van der Waals surface area contributed by atoms with Crippen molar-refractivity contribution in [1.82, 2.24) is 34.4 Å². The van der Waals surface area contributed by atoms with E-state index in [1.807, 2.05) is 80.5 Å². The van der Waals surface area contributed by atoms with Crippen LogP contribution >= 0.6 is 7.82 Å². The number of carbonyl (C=O) groups is 7. The number of nitrogens with one attached hydrogen (secondary N) is 1. The first-order valence-electron chi connectivity index (χ1n) is 35.9. The zero-order chi connectivity index (χ0) is 79.6. The first kappa shape index (κ1) is 84.8. The number of hydrogen-bond donors (Lipinski definition) is 12. The van der Waals surface area contributed by atoms with E-state index in [1.165, 1.54) is 35.0 Å². The molecule has 0 radical (unpaired) electrons. The van der Waals surface area contributed by atoms with Crippen LogP contribution in [0.5, 0.6) is 0 Å². The Labute approximate surface area is 640 Å². The Morgan fingerprint density at radius 1 is 0.734 bits per heavy atom. The zero-order valence-electron chi connectivity index (χ0n) is 62.8. The van der Waals surface area contributed by atoms with Gasteiger partial charge in [-0.15, -0.1) is 0 Å². The van der Waals surface area contributed by atoms with Gasteiger partial charge in [-0.1, -0.05) is 40.7 Å². The van der Waals surface area contributed by atoms with Crippen LogP contribution in [0.4, 0.5) is 5.82 Å². The SMILES string of the molecule is C/C1=C2/[N-]C([C@H](CC(N)=O)[C@@]2(C)CCC(=O)NC[C@@H](C)OP(=O)([O-])O[C@H]2[C@@H](O)[C@@H](n3cnc4cc(C)c(C)cc43)O[C@@H]2CO)[C@]2(C)N=C(/C(C)=C3N=C(/C=C4N=C1[C@@H](CCC(N)=O)C\4(C)C)[C@@H](CCC(N)=O)[C@]\3(C)CC(N)=O)[C@@H](CCC(N)=O)[C@]2(C)CC(N)=O.[CH2-][C@H]1O[C@@H](n2cnc3c(N)ncnc32)[C@@H](O)[C@@H]1O.[Co+3]. The first-order valence-corrected chi connectivity index (χ1v) is 37.3. The Balaban J connectivity index is 0.000000623. The largest absolute Gasteiger partial charge is 3.00 e. The van der Waals surface area contributed by atoms with E-state index < -0.39 is 168 Å². The molecule has 3 fully saturated rings. The number of aliphatic imine (C=N–C) groups is 3. The zero-order valence-corrected chi connectivity index (χ0v) is 64.8. The number of ether oxygens (including phenoxy) is 2. The van der Waals surface area contributed by atoms with Gasteiger partial charge in [0.1, 0.15) is 36.3 Å². The van der Waals surface area contributed by atoms with E-state index in [2.05, 4.69) is 32.2 Å². The molecular weight excluding hydrogens is 1480 g/mol. The third-order valence-corrected chi connectivity index (χ3v) is 24.6. The summed E-state index contributed by atoms with van der Waals surface area (Å²) in [4.78, 5) is 140. The van der Waals surface area contributed by atoms with Crippen LogP contribution < -0.4 is 50.3 Å². The molecule has 37 heteroatoms. The number of aliphatic hydroxyl groups is 4. The van der Waals surface area contributed by atoms with E-state index in [4.69, 9.17) is 79.0 Å². The van der Waals surface area contributed by atoms with Crippen molar-refractivity contribution in [3.63, 3.8) is 0 Å². The molecule has 2 unspecified atom stereocenters. The fourth-order valence-electron chi connectivity index (χ4n) is 17.3. The number of aliphatic hydroxyl groups excluding tert-OH is 4.